The lowest BCUT2D eigenvalue weighted by atomic mass is 9.47. The molecule has 0 aromatic rings. The standard InChI is InChI=1S/C40H74NO8P/c1-30(2)10-9-11-31(3)35-14-15-36-34-13-12-32-28-33(16-18-39(32,7)37(34)17-19-40(35,36)8)49-47-29-41-20-21-44-22-23-45-24-25-46-26-27-48-50(42,43)38(4,5)6/h12,30-31,33-37,41H,9-11,13-29H2,1-8H3,(H,42,43)/t31-,33+,34?,35?,36?,37?,39+,40-/m1/s1. The van der Waals surface area contributed by atoms with Gasteiger partial charge in [-0.15, -0.1) is 0 Å². The van der Waals surface area contributed by atoms with Gasteiger partial charge in [0, 0.05) is 6.54 Å². The Morgan fingerprint density at radius 2 is 1.58 bits per heavy atom. The zero-order valence-corrected chi connectivity index (χ0v) is 33.9. The lowest BCUT2D eigenvalue weighted by molar-refractivity contribution is -0.332. The Balaban J connectivity index is 1.04. The summed E-state index contributed by atoms with van der Waals surface area (Å²) >= 11 is 0. The highest BCUT2D eigenvalue weighted by Crippen LogP contribution is 2.67. The molecule has 0 heterocycles. The molecule has 0 spiro atoms. The van der Waals surface area contributed by atoms with Gasteiger partial charge < -0.3 is 23.6 Å². The van der Waals surface area contributed by atoms with Gasteiger partial charge in [0.1, 0.15) is 6.73 Å². The Hall–Kier alpha value is -0.350. The van der Waals surface area contributed by atoms with Gasteiger partial charge in [-0.05, 0) is 118 Å². The van der Waals surface area contributed by atoms with Gasteiger partial charge in [0.2, 0.25) is 0 Å². The molecule has 292 valence electrons. The van der Waals surface area contributed by atoms with Crippen LogP contribution >= 0.6 is 7.60 Å². The maximum atomic E-state index is 12.0. The lowest BCUT2D eigenvalue weighted by Gasteiger charge is -2.58. The Kier molecular flexibility index (Phi) is 16.4. The fourth-order valence-corrected chi connectivity index (χ4v) is 10.8. The van der Waals surface area contributed by atoms with Gasteiger partial charge in [-0.25, -0.2) is 9.78 Å². The Bertz CT molecular complexity index is 1100. The van der Waals surface area contributed by atoms with Crippen LogP contribution in [0.15, 0.2) is 11.6 Å². The summed E-state index contributed by atoms with van der Waals surface area (Å²) in [4.78, 5) is 21.4. The Labute approximate surface area is 305 Å². The van der Waals surface area contributed by atoms with E-state index in [9.17, 15) is 9.46 Å². The first-order valence-corrected chi connectivity index (χ1v) is 21.7. The van der Waals surface area contributed by atoms with Crippen molar-refractivity contribution in [2.24, 2.45) is 46.3 Å². The Morgan fingerprint density at radius 3 is 2.26 bits per heavy atom. The Morgan fingerprint density at radius 1 is 0.900 bits per heavy atom. The van der Waals surface area contributed by atoms with Crippen LogP contribution in [0.4, 0.5) is 0 Å². The molecule has 9 atom stereocenters. The van der Waals surface area contributed by atoms with E-state index < -0.39 is 12.8 Å². The summed E-state index contributed by atoms with van der Waals surface area (Å²) in [6.07, 6.45) is 17.2. The largest absolute Gasteiger partial charge is 0.378 e. The van der Waals surface area contributed by atoms with Crippen LogP contribution in [0.2, 0.25) is 0 Å². The number of ether oxygens (including phenoxy) is 3. The summed E-state index contributed by atoms with van der Waals surface area (Å²) in [6, 6.07) is 0. The average molecular weight is 728 g/mol. The summed E-state index contributed by atoms with van der Waals surface area (Å²) in [7, 11) is -3.64. The predicted octanol–water partition coefficient (Wildman–Crippen LogP) is 8.94. The molecule has 3 saturated carbocycles. The fraction of sp³-hybridized carbons (Fsp3) is 0.950. The van der Waals surface area contributed by atoms with Crippen molar-refractivity contribution in [1.29, 1.82) is 0 Å². The molecule has 2 N–H and O–H groups in total. The third-order valence-corrected chi connectivity index (χ3v) is 15.4. The number of hydrogen-bond acceptors (Lipinski definition) is 8. The molecule has 0 aliphatic heterocycles. The molecule has 0 radical (unpaired) electrons. The number of hydrogen-bond donors (Lipinski definition) is 2. The van der Waals surface area contributed by atoms with Gasteiger partial charge in [0.15, 0.2) is 0 Å². The van der Waals surface area contributed by atoms with E-state index in [0.29, 0.717) is 57.1 Å². The van der Waals surface area contributed by atoms with E-state index in [4.69, 9.17) is 28.5 Å². The van der Waals surface area contributed by atoms with E-state index in [-0.39, 0.29) is 19.3 Å². The van der Waals surface area contributed by atoms with Gasteiger partial charge in [-0.1, -0.05) is 65.5 Å². The number of rotatable bonds is 22. The van der Waals surface area contributed by atoms with Crippen molar-refractivity contribution in [3.8, 4) is 0 Å². The van der Waals surface area contributed by atoms with Crippen LogP contribution < -0.4 is 5.32 Å². The smallest absolute Gasteiger partial charge is 0.333 e. The molecular formula is C40H74NO8P. The van der Waals surface area contributed by atoms with E-state index in [1.807, 2.05) is 0 Å². The first-order valence-electron chi connectivity index (χ1n) is 20.1. The third-order valence-electron chi connectivity index (χ3n) is 13.1. The van der Waals surface area contributed by atoms with Crippen molar-refractivity contribution in [3.05, 3.63) is 11.6 Å². The van der Waals surface area contributed by atoms with E-state index in [1.165, 1.54) is 57.8 Å². The second kappa shape index (κ2) is 19.3. The summed E-state index contributed by atoms with van der Waals surface area (Å²) in [6.45, 7) is 21.3. The monoisotopic (exact) mass is 728 g/mol. The van der Waals surface area contributed by atoms with Crippen LogP contribution in [-0.2, 0) is 33.1 Å². The topological polar surface area (TPSA) is 105 Å². The first-order chi connectivity index (χ1) is 23.7. The fourth-order valence-electron chi connectivity index (χ4n) is 10.1. The molecule has 0 saturated heterocycles. The minimum Gasteiger partial charge on any atom is -0.378 e. The van der Waals surface area contributed by atoms with Gasteiger partial charge in [0.25, 0.3) is 0 Å². The van der Waals surface area contributed by atoms with Gasteiger partial charge >= 0.3 is 7.60 Å². The van der Waals surface area contributed by atoms with Gasteiger partial charge in [-0.2, -0.15) is 0 Å². The first kappa shape index (κ1) is 42.4. The highest BCUT2D eigenvalue weighted by molar-refractivity contribution is 7.54. The van der Waals surface area contributed by atoms with Crippen molar-refractivity contribution in [2.45, 2.75) is 137 Å². The van der Waals surface area contributed by atoms with Crippen LogP contribution in [0.25, 0.3) is 0 Å². The summed E-state index contributed by atoms with van der Waals surface area (Å²) < 4.78 is 33.7. The predicted molar refractivity (Wildman–Crippen MR) is 200 cm³/mol. The van der Waals surface area contributed by atoms with Crippen molar-refractivity contribution >= 4 is 7.60 Å². The lowest BCUT2D eigenvalue weighted by Crippen LogP contribution is -2.51. The van der Waals surface area contributed by atoms with E-state index >= 15 is 0 Å². The summed E-state index contributed by atoms with van der Waals surface area (Å²) in [5.41, 5.74) is 2.50. The molecule has 3 fully saturated rings. The molecule has 50 heavy (non-hydrogen) atoms. The third kappa shape index (κ3) is 11.1. The minimum atomic E-state index is -3.64. The zero-order valence-electron chi connectivity index (χ0n) is 33.0. The number of allylic oxidation sites excluding steroid dienone is 1. The second-order valence-corrected chi connectivity index (χ2v) is 20.5. The SMILES string of the molecule is CC(C)CCC[C@@H](C)C1CCC2C3CC=C4C[C@@H](OOCNCCOCCOCCOCCOP(=O)(O)C(C)(C)C)CC[C@]4(C)C3CC[C@@]21C. The van der Waals surface area contributed by atoms with Crippen LogP contribution in [0.3, 0.4) is 0 Å². The summed E-state index contributed by atoms with van der Waals surface area (Å²) in [5, 5.41) is 2.43. The molecular weight excluding hydrogens is 653 g/mol. The second-order valence-electron chi connectivity index (χ2n) is 17.9. The van der Waals surface area contributed by atoms with Crippen LogP contribution in [0.1, 0.15) is 126 Å². The van der Waals surface area contributed by atoms with Crippen molar-refractivity contribution in [2.75, 3.05) is 59.5 Å². The summed E-state index contributed by atoms with van der Waals surface area (Å²) in [5.74, 6) is 5.18. The highest BCUT2D eigenvalue weighted by atomic mass is 31.2. The van der Waals surface area contributed by atoms with Crippen LogP contribution in [-0.4, -0.2) is 75.7 Å². The molecule has 4 rings (SSSR count). The van der Waals surface area contributed by atoms with E-state index in [2.05, 4.69) is 46.0 Å². The normalized spacial score (nSPS) is 33.0. The van der Waals surface area contributed by atoms with Crippen molar-refractivity contribution in [1.82, 2.24) is 5.32 Å². The molecule has 0 aromatic carbocycles. The number of fused-ring (bicyclic) bond motifs is 5. The molecule has 0 bridgehead atoms. The maximum Gasteiger partial charge on any atom is 0.333 e. The van der Waals surface area contributed by atoms with Crippen molar-refractivity contribution < 1.29 is 38.0 Å². The van der Waals surface area contributed by atoms with E-state index in [1.54, 1.807) is 26.3 Å². The van der Waals surface area contributed by atoms with Crippen LogP contribution in [0.5, 0.6) is 0 Å². The molecule has 9 nitrogen and oxygen atoms in total. The maximum absolute atomic E-state index is 12.0. The van der Waals surface area contributed by atoms with E-state index in [0.717, 1.165) is 48.3 Å². The molecule has 10 heteroatoms. The number of nitrogens with one attached hydrogen (secondary N) is 1. The van der Waals surface area contributed by atoms with Gasteiger partial charge in [-0.3, -0.25) is 9.88 Å². The van der Waals surface area contributed by atoms with Gasteiger partial charge in [0.05, 0.1) is 57.5 Å². The average Bonchev–Trinajstić information content (AvgIpc) is 3.41. The molecule has 0 aromatic heterocycles. The zero-order chi connectivity index (χ0) is 36.4. The minimum absolute atomic E-state index is 0.0771. The quantitative estimate of drug-likeness (QED) is 0.0283. The molecule has 5 unspecified atom stereocenters. The molecule has 4 aliphatic carbocycles. The van der Waals surface area contributed by atoms with Crippen LogP contribution in [0, 0.1) is 46.3 Å². The van der Waals surface area contributed by atoms with Crippen molar-refractivity contribution in [3.63, 3.8) is 0 Å². The molecule has 4 aliphatic rings. The molecule has 0 amide bonds. The highest BCUT2D eigenvalue weighted by Gasteiger charge is 2.59.